The molecule has 1 atom stereocenters. The number of thiazole rings is 1. The summed E-state index contributed by atoms with van der Waals surface area (Å²) in [4.78, 5) is 32.0. The summed E-state index contributed by atoms with van der Waals surface area (Å²) < 4.78 is 5.27. The minimum Gasteiger partial charge on any atom is -0.497 e. The Labute approximate surface area is 208 Å². The first-order chi connectivity index (χ1) is 16.4. The molecule has 4 rings (SSSR count). The van der Waals surface area contributed by atoms with Gasteiger partial charge in [0.25, 0.3) is 5.91 Å². The summed E-state index contributed by atoms with van der Waals surface area (Å²) in [5.41, 5.74) is 2.26. The molecule has 1 saturated heterocycles. The molecule has 8 heteroatoms. The monoisotopic (exact) mass is 497 g/mol. The van der Waals surface area contributed by atoms with E-state index in [0.29, 0.717) is 30.2 Å². The Morgan fingerprint density at radius 2 is 1.97 bits per heavy atom. The summed E-state index contributed by atoms with van der Waals surface area (Å²) in [6.07, 6.45) is 1.99. The molecular weight excluding hydrogens is 470 g/mol. The number of amides is 2. The van der Waals surface area contributed by atoms with E-state index in [2.05, 4.69) is 10.3 Å². The Bertz CT molecular complexity index is 1160. The number of benzene rings is 2. The molecule has 1 aliphatic heterocycles. The molecule has 2 aromatic carbocycles. The molecule has 1 aliphatic rings. The lowest BCUT2D eigenvalue weighted by Crippen LogP contribution is -2.38. The van der Waals surface area contributed by atoms with Crippen LogP contribution in [0.4, 0.5) is 0 Å². The van der Waals surface area contributed by atoms with Gasteiger partial charge in [-0.2, -0.15) is 0 Å². The SMILES string of the molecule is COc1cccc(C(C)NC(=O)c2csc(C3CCN(C(=O)Cc4ccccc4Cl)CC3)n2)c1. The van der Waals surface area contributed by atoms with E-state index in [1.54, 1.807) is 7.11 Å². The third kappa shape index (κ3) is 5.77. The van der Waals surface area contributed by atoms with E-state index >= 15 is 0 Å². The molecular formula is C26H28ClN3O3S. The molecule has 0 spiro atoms. The number of piperidine rings is 1. The second-order valence-corrected chi connectivity index (χ2v) is 9.76. The first-order valence-corrected chi connectivity index (χ1v) is 12.6. The van der Waals surface area contributed by atoms with E-state index in [0.717, 1.165) is 34.7 Å². The number of nitrogens with one attached hydrogen (secondary N) is 1. The number of hydrogen-bond acceptors (Lipinski definition) is 5. The van der Waals surface area contributed by atoms with Crippen LogP contribution in [0.25, 0.3) is 0 Å². The summed E-state index contributed by atoms with van der Waals surface area (Å²) in [5, 5.41) is 6.41. The summed E-state index contributed by atoms with van der Waals surface area (Å²) in [6, 6.07) is 15.0. The van der Waals surface area contributed by atoms with Crippen molar-refractivity contribution in [2.24, 2.45) is 0 Å². The zero-order chi connectivity index (χ0) is 24.1. The summed E-state index contributed by atoms with van der Waals surface area (Å²) in [5.74, 6) is 0.917. The van der Waals surface area contributed by atoms with Crippen LogP contribution in [0.3, 0.4) is 0 Å². The standard InChI is InChI=1S/C26H28ClN3O3S/c1-17(19-7-5-8-21(14-19)33-2)28-25(32)23-16-34-26(29-23)18-10-12-30(13-11-18)24(31)15-20-6-3-4-9-22(20)27/h3-9,14,16-18H,10-13,15H2,1-2H3,(H,28,32). The molecule has 1 unspecified atom stereocenters. The minimum atomic E-state index is -0.190. The number of methoxy groups -OCH3 is 1. The van der Waals surface area contributed by atoms with Crippen molar-refractivity contribution in [1.29, 1.82) is 0 Å². The van der Waals surface area contributed by atoms with Crippen LogP contribution in [0, 0.1) is 0 Å². The highest BCUT2D eigenvalue weighted by atomic mass is 35.5. The molecule has 0 radical (unpaired) electrons. The van der Waals surface area contributed by atoms with Crippen LogP contribution in [0.15, 0.2) is 53.9 Å². The second-order valence-electron chi connectivity index (χ2n) is 8.47. The lowest BCUT2D eigenvalue weighted by Gasteiger charge is -2.31. The van der Waals surface area contributed by atoms with E-state index < -0.39 is 0 Å². The van der Waals surface area contributed by atoms with E-state index in [4.69, 9.17) is 16.3 Å². The van der Waals surface area contributed by atoms with Crippen molar-refractivity contribution in [2.75, 3.05) is 20.2 Å². The summed E-state index contributed by atoms with van der Waals surface area (Å²) >= 11 is 7.72. The fraction of sp³-hybridized carbons (Fsp3) is 0.346. The van der Waals surface area contributed by atoms with Crippen LogP contribution in [-0.2, 0) is 11.2 Å². The van der Waals surface area contributed by atoms with Crippen LogP contribution >= 0.6 is 22.9 Å². The number of ether oxygens (including phenoxy) is 1. The number of likely N-dealkylation sites (tertiary alicyclic amines) is 1. The predicted octanol–water partition coefficient (Wildman–Crippen LogP) is 5.24. The quantitative estimate of drug-likeness (QED) is 0.484. The molecule has 3 aromatic rings. The van der Waals surface area contributed by atoms with Gasteiger partial charge in [0, 0.05) is 29.4 Å². The van der Waals surface area contributed by atoms with Gasteiger partial charge in [0.2, 0.25) is 5.91 Å². The number of rotatable bonds is 7. The van der Waals surface area contributed by atoms with Crippen molar-refractivity contribution in [3.63, 3.8) is 0 Å². The Balaban J connectivity index is 1.31. The summed E-state index contributed by atoms with van der Waals surface area (Å²) in [7, 11) is 1.62. The zero-order valence-electron chi connectivity index (χ0n) is 19.3. The van der Waals surface area contributed by atoms with E-state index in [9.17, 15) is 9.59 Å². The Kier molecular flexibility index (Phi) is 7.85. The van der Waals surface area contributed by atoms with Gasteiger partial charge in [0.05, 0.1) is 24.6 Å². The molecule has 1 N–H and O–H groups in total. The Morgan fingerprint density at radius 1 is 1.21 bits per heavy atom. The average molecular weight is 498 g/mol. The second kappa shape index (κ2) is 11.0. The molecule has 2 amide bonds. The third-order valence-corrected chi connectivity index (χ3v) is 7.57. The average Bonchev–Trinajstić information content (AvgIpc) is 3.36. The molecule has 34 heavy (non-hydrogen) atoms. The van der Waals surface area contributed by atoms with Gasteiger partial charge in [-0.15, -0.1) is 11.3 Å². The van der Waals surface area contributed by atoms with Gasteiger partial charge in [0.15, 0.2) is 0 Å². The number of nitrogens with zero attached hydrogens (tertiary/aromatic N) is 2. The number of aromatic nitrogens is 1. The fourth-order valence-corrected chi connectivity index (χ4v) is 5.31. The van der Waals surface area contributed by atoms with Crippen molar-refractivity contribution in [2.45, 2.75) is 38.1 Å². The van der Waals surface area contributed by atoms with Gasteiger partial charge in [-0.05, 0) is 49.1 Å². The van der Waals surface area contributed by atoms with Crippen LogP contribution in [0.2, 0.25) is 5.02 Å². The predicted molar refractivity (Wildman–Crippen MR) is 135 cm³/mol. The largest absolute Gasteiger partial charge is 0.497 e. The van der Waals surface area contributed by atoms with Crippen molar-refractivity contribution in [3.05, 3.63) is 80.8 Å². The zero-order valence-corrected chi connectivity index (χ0v) is 20.9. The Morgan fingerprint density at radius 3 is 2.71 bits per heavy atom. The van der Waals surface area contributed by atoms with Gasteiger partial charge in [-0.3, -0.25) is 9.59 Å². The number of carbonyl (C=O) groups is 2. The molecule has 0 saturated carbocycles. The van der Waals surface area contributed by atoms with E-state index in [-0.39, 0.29) is 23.8 Å². The maximum absolute atomic E-state index is 12.8. The van der Waals surface area contributed by atoms with Crippen molar-refractivity contribution < 1.29 is 14.3 Å². The third-order valence-electron chi connectivity index (χ3n) is 6.19. The molecule has 1 fully saturated rings. The lowest BCUT2D eigenvalue weighted by molar-refractivity contribution is -0.131. The number of carbonyl (C=O) groups excluding carboxylic acids is 2. The van der Waals surface area contributed by atoms with E-state index in [1.165, 1.54) is 11.3 Å². The van der Waals surface area contributed by atoms with Crippen LogP contribution in [0.1, 0.15) is 58.3 Å². The van der Waals surface area contributed by atoms with Crippen molar-refractivity contribution >= 4 is 34.8 Å². The number of halogens is 1. The highest BCUT2D eigenvalue weighted by Crippen LogP contribution is 2.31. The van der Waals surface area contributed by atoms with E-state index in [1.807, 2.05) is 65.7 Å². The summed E-state index contributed by atoms with van der Waals surface area (Å²) in [6.45, 7) is 3.30. The van der Waals surface area contributed by atoms with Gasteiger partial charge in [-0.25, -0.2) is 4.98 Å². The maximum Gasteiger partial charge on any atom is 0.271 e. The molecule has 178 valence electrons. The molecule has 2 heterocycles. The smallest absolute Gasteiger partial charge is 0.271 e. The van der Waals surface area contributed by atoms with Crippen LogP contribution in [-0.4, -0.2) is 41.9 Å². The Hall–Kier alpha value is -2.90. The number of hydrogen-bond donors (Lipinski definition) is 1. The minimum absolute atomic E-state index is 0.0947. The van der Waals surface area contributed by atoms with Crippen molar-refractivity contribution in [1.82, 2.24) is 15.2 Å². The molecule has 6 nitrogen and oxygen atoms in total. The molecule has 1 aromatic heterocycles. The normalized spacial score (nSPS) is 15.1. The maximum atomic E-state index is 12.8. The van der Waals surface area contributed by atoms with Gasteiger partial charge >= 0.3 is 0 Å². The van der Waals surface area contributed by atoms with Crippen LogP contribution < -0.4 is 10.1 Å². The van der Waals surface area contributed by atoms with Crippen LogP contribution in [0.5, 0.6) is 5.75 Å². The van der Waals surface area contributed by atoms with Crippen molar-refractivity contribution in [3.8, 4) is 5.75 Å². The van der Waals surface area contributed by atoms with Gasteiger partial charge in [-0.1, -0.05) is 41.9 Å². The van der Waals surface area contributed by atoms with Gasteiger partial charge < -0.3 is 15.0 Å². The first-order valence-electron chi connectivity index (χ1n) is 11.4. The van der Waals surface area contributed by atoms with Gasteiger partial charge in [0.1, 0.15) is 11.4 Å². The highest BCUT2D eigenvalue weighted by molar-refractivity contribution is 7.09. The lowest BCUT2D eigenvalue weighted by atomic mass is 9.97. The first kappa shape index (κ1) is 24.2. The highest BCUT2D eigenvalue weighted by Gasteiger charge is 2.27. The fourth-order valence-electron chi connectivity index (χ4n) is 4.14. The molecule has 0 aliphatic carbocycles. The molecule has 0 bridgehead atoms. The topological polar surface area (TPSA) is 71.5 Å².